The topological polar surface area (TPSA) is 67.0 Å². The number of hydrogen-bond acceptors (Lipinski definition) is 3. The molecular weight excluding hydrogens is 230 g/mol. The number of carboxylic acids is 1. The van der Waals surface area contributed by atoms with Crippen LogP contribution in [0.2, 0.25) is 0 Å². The molecule has 0 aliphatic heterocycles. The lowest BCUT2D eigenvalue weighted by Crippen LogP contribution is -2.36. The number of aryl methyl sites for hydroxylation is 2. The van der Waals surface area contributed by atoms with Gasteiger partial charge in [0.1, 0.15) is 5.82 Å². The number of aromatic nitrogens is 3. The van der Waals surface area contributed by atoms with E-state index in [2.05, 4.69) is 9.97 Å². The molecule has 5 nitrogen and oxygen atoms in total. The van der Waals surface area contributed by atoms with Crippen LogP contribution >= 0.6 is 0 Å². The van der Waals surface area contributed by atoms with Crippen LogP contribution in [0.5, 0.6) is 0 Å². The maximum absolute atomic E-state index is 10.6. The molecule has 92 valence electrons. The first-order chi connectivity index (χ1) is 8.54. The molecule has 2 rings (SSSR count). The fraction of sp³-hybridized carbons (Fsp3) is 0.231. The minimum atomic E-state index is -0.860. The molecule has 0 bridgehead atoms. The van der Waals surface area contributed by atoms with E-state index in [1.807, 2.05) is 32.0 Å². The van der Waals surface area contributed by atoms with E-state index in [1.165, 1.54) is 0 Å². The first-order valence-electron chi connectivity index (χ1n) is 5.58. The van der Waals surface area contributed by atoms with E-state index in [1.54, 1.807) is 17.0 Å². The van der Waals surface area contributed by atoms with Gasteiger partial charge in [0.2, 0.25) is 6.54 Å². The molecule has 18 heavy (non-hydrogen) atoms. The Balaban J connectivity index is 2.31. The van der Waals surface area contributed by atoms with Crippen LogP contribution in [0, 0.1) is 13.8 Å². The van der Waals surface area contributed by atoms with Gasteiger partial charge in [-0.1, -0.05) is 0 Å². The summed E-state index contributed by atoms with van der Waals surface area (Å²) < 4.78 is 1.60. The van der Waals surface area contributed by atoms with Crippen molar-refractivity contribution < 1.29 is 14.5 Å². The molecule has 0 spiro atoms. The van der Waals surface area contributed by atoms with Gasteiger partial charge in [-0.05, 0) is 19.9 Å². The van der Waals surface area contributed by atoms with Crippen molar-refractivity contribution in [3.63, 3.8) is 0 Å². The van der Waals surface area contributed by atoms with E-state index in [-0.39, 0.29) is 6.54 Å². The third-order valence-corrected chi connectivity index (χ3v) is 2.47. The molecule has 0 radical (unpaired) electrons. The van der Waals surface area contributed by atoms with Gasteiger partial charge in [-0.2, -0.15) is 4.57 Å². The van der Waals surface area contributed by atoms with Gasteiger partial charge in [0.05, 0.1) is 5.69 Å². The van der Waals surface area contributed by atoms with Crippen LogP contribution in [0.15, 0.2) is 30.6 Å². The molecule has 0 atom stereocenters. The number of aliphatic carboxylic acids is 1. The van der Waals surface area contributed by atoms with Gasteiger partial charge in [-0.25, -0.2) is 14.8 Å². The van der Waals surface area contributed by atoms with Crippen LogP contribution < -0.4 is 4.57 Å². The molecule has 1 N–H and O–H groups in total. The van der Waals surface area contributed by atoms with Crippen LogP contribution in [0.4, 0.5) is 0 Å². The number of hydrogen-bond donors (Lipinski definition) is 1. The second-order valence-corrected chi connectivity index (χ2v) is 4.09. The summed E-state index contributed by atoms with van der Waals surface area (Å²) >= 11 is 0. The Hall–Kier alpha value is -2.30. The summed E-state index contributed by atoms with van der Waals surface area (Å²) in [5, 5.41) is 8.68. The molecule has 0 saturated carbocycles. The summed E-state index contributed by atoms with van der Waals surface area (Å²) in [4.78, 5) is 19.2. The van der Waals surface area contributed by atoms with Crippen LogP contribution in [0.25, 0.3) is 11.3 Å². The summed E-state index contributed by atoms with van der Waals surface area (Å²) in [6, 6.07) is 5.61. The highest BCUT2D eigenvalue weighted by Gasteiger charge is 2.08. The summed E-state index contributed by atoms with van der Waals surface area (Å²) in [5.41, 5.74) is 2.72. The zero-order chi connectivity index (χ0) is 13.1. The smallest absolute Gasteiger partial charge is 0.370 e. The normalized spacial score (nSPS) is 10.3. The van der Waals surface area contributed by atoms with Crippen molar-refractivity contribution in [1.29, 1.82) is 0 Å². The van der Waals surface area contributed by atoms with Crippen molar-refractivity contribution in [2.75, 3.05) is 0 Å². The molecular formula is C13H14N3O2+. The summed E-state index contributed by atoms with van der Waals surface area (Å²) in [7, 11) is 0. The molecule has 0 aliphatic carbocycles. The van der Waals surface area contributed by atoms with Gasteiger partial charge in [-0.3, -0.25) is 0 Å². The average Bonchev–Trinajstić information content (AvgIpc) is 2.27. The number of carboxylic acid groups (broad SMARTS) is 1. The highest BCUT2D eigenvalue weighted by atomic mass is 16.4. The molecule has 0 amide bonds. The first kappa shape index (κ1) is 12.2. The molecule has 0 unspecified atom stereocenters. The summed E-state index contributed by atoms with van der Waals surface area (Å²) in [5.74, 6) is -0.131. The Labute approximate surface area is 105 Å². The zero-order valence-electron chi connectivity index (χ0n) is 10.3. The van der Waals surface area contributed by atoms with E-state index < -0.39 is 5.97 Å². The van der Waals surface area contributed by atoms with Crippen molar-refractivity contribution in [3.8, 4) is 11.3 Å². The first-order valence-corrected chi connectivity index (χ1v) is 5.58. The minimum Gasteiger partial charge on any atom is -0.477 e. The monoisotopic (exact) mass is 244 g/mol. The third-order valence-electron chi connectivity index (χ3n) is 2.47. The van der Waals surface area contributed by atoms with E-state index in [0.29, 0.717) is 0 Å². The van der Waals surface area contributed by atoms with Gasteiger partial charge in [-0.15, -0.1) is 0 Å². The van der Waals surface area contributed by atoms with E-state index in [0.717, 1.165) is 22.8 Å². The van der Waals surface area contributed by atoms with E-state index >= 15 is 0 Å². The van der Waals surface area contributed by atoms with Gasteiger partial charge in [0, 0.05) is 23.4 Å². The molecule has 2 aromatic heterocycles. The molecule has 0 fully saturated rings. The Kier molecular flexibility index (Phi) is 3.32. The third kappa shape index (κ3) is 2.88. The van der Waals surface area contributed by atoms with Gasteiger partial charge in [0.15, 0.2) is 12.4 Å². The van der Waals surface area contributed by atoms with Crippen LogP contribution in [0.1, 0.15) is 11.5 Å². The quantitative estimate of drug-likeness (QED) is 0.822. The van der Waals surface area contributed by atoms with Crippen LogP contribution in [0.3, 0.4) is 0 Å². The molecule has 0 aromatic carbocycles. The Bertz CT molecular complexity index is 559. The molecule has 0 saturated heterocycles. The zero-order valence-corrected chi connectivity index (χ0v) is 10.3. The van der Waals surface area contributed by atoms with Crippen molar-refractivity contribution in [1.82, 2.24) is 9.97 Å². The number of carbonyl (C=O) groups is 1. The molecule has 2 aromatic rings. The molecule has 0 aliphatic rings. The average molecular weight is 244 g/mol. The number of rotatable bonds is 3. The van der Waals surface area contributed by atoms with Gasteiger partial charge in [0.25, 0.3) is 0 Å². The lowest BCUT2D eigenvalue weighted by Gasteiger charge is -2.02. The van der Waals surface area contributed by atoms with Crippen molar-refractivity contribution in [2.45, 2.75) is 20.4 Å². The van der Waals surface area contributed by atoms with E-state index in [9.17, 15) is 4.79 Å². The highest BCUT2D eigenvalue weighted by molar-refractivity contribution is 5.65. The maximum Gasteiger partial charge on any atom is 0.370 e. The van der Waals surface area contributed by atoms with Gasteiger partial charge >= 0.3 is 5.97 Å². The molecule has 5 heteroatoms. The second-order valence-electron chi connectivity index (χ2n) is 4.09. The largest absolute Gasteiger partial charge is 0.477 e. The predicted molar refractivity (Wildman–Crippen MR) is 64.8 cm³/mol. The standard InChI is InChI=1S/C13H13N3O2/c1-9-7-12(15-10(2)14-9)11-3-5-16(6-4-11)8-13(17)18/h3-7H,8H2,1-2H3/p+1. The SMILES string of the molecule is Cc1cc(-c2cc[n+](CC(=O)O)cc2)nc(C)n1. The predicted octanol–water partition coefficient (Wildman–Crippen LogP) is 1.13. The van der Waals surface area contributed by atoms with E-state index in [4.69, 9.17) is 5.11 Å². The van der Waals surface area contributed by atoms with Crippen molar-refractivity contribution in [3.05, 3.63) is 42.1 Å². The summed E-state index contributed by atoms with van der Waals surface area (Å²) in [6.45, 7) is 3.73. The summed E-state index contributed by atoms with van der Waals surface area (Å²) in [6.07, 6.45) is 3.46. The second kappa shape index (κ2) is 4.91. The lowest BCUT2D eigenvalue weighted by atomic mass is 10.1. The Morgan fingerprint density at radius 3 is 2.50 bits per heavy atom. The van der Waals surface area contributed by atoms with Crippen molar-refractivity contribution >= 4 is 5.97 Å². The highest BCUT2D eigenvalue weighted by Crippen LogP contribution is 2.15. The molecule has 2 heterocycles. The lowest BCUT2D eigenvalue weighted by molar-refractivity contribution is -0.685. The van der Waals surface area contributed by atoms with Crippen LogP contribution in [-0.4, -0.2) is 21.0 Å². The van der Waals surface area contributed by atoms with Crippen molar-refractivity contribution in [2.24, 2.45) is 0 Å². The number of nitrogens with zero attached hydrogens (tertiary/aromatic N) is 3. The fourth-order valence-electron chi connectivity index (χ4n) is 1.75. The van der Waals surface area contributed by atoms with Crippen LogP contribution in [-0.2, 0) is 11.3 Å². The minimum absolute atomic E-state index is 0.0396. The Morgan fingerprint density at radius 1 is 1.28 bits per heavy atom. The fourth-order valence-corrected chi connectivity index (χ4v) is 1.75. The van der Waals surface area contributed by atoms with Gasteiger partial charge < -0.3 is 5.11 Å². The Morgan fingerprint density at radius 2 is 1.94 bits per heavy atom. The maximum atomic E-state index is 10.6. The number of pyridine rings is 1.